The smallest absolute Gasteiger partial charge is 0.340 e. The van der Waals surface area contributed by atoms with E-state index in [0.29, 0.717) is 17.2 Å². The van der Waals surface area contributed by atoms with Crippen molar-refractivity contribution < 1.29 is 24.9 Å². The third kappa shape index (κ3) is 4.83. The van der Waals surface area contributed by atoms with E-state index in [0.717, 1.165) is 47.1 Å². The molecule has 0 saturated carbocycles. The summed E-state index contributed by atoms with van der Waals surface area (Å²) in [6, 6.07) is 18.1. The lowest BCUT2D eigenvalue weighted by molar-refractivity contribution is -0.0444. The van der Waals surface area contributed by atoms with Crippen LogP contribution in [-0.2, 0) is 0 Å². The molecule has 7 nitrogen and oxygen atoms in total. The van der Waals surface area contributed by atoms with E-state index in [2.05, 4.69) is 22.5 Å². The minimum Gasteiger partial charge on any atom is -0.507 e. The molecule has 0 aliphatic carbocycles. The van der Waals surface area contributed by atoms with Crippen LogP contribution in [0, 0.1) is 11.8 Å². The van der Waals surface area contributed by atoms with Crippen molar-refractivity contribution in [2.24, 2.45) is 11.8 Å². The number of aromatic carboxylic acids is 1. The molecular weight excluding hydrogens is 480 g/mol. The fraction of sp³-hybridized carbons (Fsp3) is 0.290. The number of aliphatic hydroxyl groups is 1. The number of nitrogens with zero attached hydrogens (tertiary/aromatic N) is 2. The van der Waals surface area contributed by atoms with Crippen LogP contribution in [0.1, 0.15) is 34.9 Å². The Morgan fingerprint density at radius 3 is 2.68 bits per heavy atom. The molecule has 0 amide bonds. The van der Waals surface area contributed by atoms with Gasteiger partial charge in [0.05, 0.1) is 18.7 Å². The van der Waals surface area contributed by atoms with Crippen molar-refractivity contribution in [3.8, 4) is 11.5 Å². The van der Waals surface area contributed by atoms with Crippen molar-refractivity contribution in [1.29, 1.82) is 0 Å². The SMILES string of the molecule is C=C[C@@H]1CN2CCC1C[C@H]2[C@@H](O)c1ccnc2ccc(OC)cc12.O=C(O)c1c(O)ccc2ccccc12. The van der Waals surface area contributed by atoms with E-state index in [1.54, 1.807) is 37.6 Å². The molecule has 4 aromatic rings. The first-order valence-electron chi connectivity index (χ1n) is 12.8. The summed E-state index contributed by atoms with van der Waals surface area (Å²) < 4.78 is 5.35. The first kappa shape index (κ1) is 25.7. The highest BCUT2D eigenvalue weighted by atomic mass is 16.5. The number of fused-ring (bicyclic) bond motifs is 5. The van der Waals surface area contributed by atoms with Crippen molar-refractivity contribution in [3.05, 3.63) is 90.6 Å². The van der Waals surface area contributed by atoms with Gasteiger partial charge in [0.1, 0.15) is 17.1 Å². The number of aromatic nitrogens is 1. The lowest BCUT2D eigenvalue weighted by Gasteiger charge is -2.50. The van der Waals surface area contributed by atoms with Gasteiger partial charge in [0.15, 0.2) is 0 Å². The maximum Gasteiger partial charge on any atom is 0.340 e. The summed E-state index contributed by atoms with van der Waals surface area (Å²) in [7, 11) is 1.66. The second kappa shape index (κ2) is 10.8. The van der Waals surface area contributed by atoms with E-state index in [9.17, 15) is 15.0 Å². The predicted octanol–water partition coefficient (Wildman–Crippen LogP) is 5.42. The van der Waals surface area contributed by atoms with Gasteiger partial charge in [-0.3, -0.25) is 9.88 Å². The number of carbonyl (C=O) groups is 1. The van der Waals surface area contributed by atoms with Crippen LogP contribution >= 0.6 is 0 Å². The molecule has 2 bridgehead atoms. The Balaban J connectivity index is 0.000000179. The molecule has 3 fully saturated rings. The lowest BCUT2D eigenvalue weighted by Crippen LogP contribution is -2.54. The number of hydrogen-bond donors (Lipinski definition) is 3. The molecule has 4 heterocycles. The summed E-state index contributed by atoms with van der Waals surface area (Å²) >= 11 is 0. The molecule has 38 heavy (non-hydrogen) atoms. The van der Waals surface area contributed by atoms with Gasteiger partial charge in [-0.15, -0.1) is 6.58 Å². The summed E-state index contributed by atoms with van der Waals surface area (Å²) in [5, 5.41) is 31.8. The molecular formula is C31H32N2O5. The number of aliphatic hydroxyl groups excluding tert-OH is 1. The molecule has 0 radical (unpaired) electrons. The maximum absolute atomic E-state index is 11.2. The van der Waals surface area contributed by atoms with Crippen molar-refractivity contribution in [2.75, 3.05) is 20.2 Å². The number of carboxylic acids is 1. The first-order chi connectivity index (χ1) is 18.4. The number of ether oxygens (including phenoxy) is 1. The topological polar surface area (TPSA) is 103 Å². The minimum atomic E-state index is -1.11. The predicted molar refractivity (Wildman–Crippen MR) is 148 cm³/mol. The summed E-state index contributed by atoms with van der Waals surface area (Å²) in [5.41, 5.74) is 1.81. The van der Waals surface area contributed by atoms with E-state index in [1.165, 1.54) is 12.5 Å². The van der Waals surface area contributed by atoms with Gasteiger partial charge in [0.2, 0.25) is 0 Å². The van der Waals surface area contributed by atoms with Gasteiger partial charge in [0, 0.05) is 24.2 Å². The Hall–Kier alpha value is -3.94. The minimum absolute atomic E-state index is 0.0388. The molecule has 2 unspecified atom stereocenters. The number of aromatic hydroxyl groups is 1. The molecule has 196 valence electrons. The van der Waals surface area contributed by atoms with Crippen LogP contribution in [0.5, 0.6) is 11.5 Å². The average molecular weight is 513 g/mol. The third-order valence-electron chi connectivity index (χ3n) is 7.94. The summed E-state index contributed by atoms with van der Waals surface area (Å²) in [6.07, 6.45) is 5.62. The normalized spacial score (nSPS) is 22.9. The van der Waals surface area contributed by atoms with Gasteiger partial charge in [-0.2, -0.15) is 0 Å². The van der Waals surface area contributed by atoms with Gasteiger partial charge >= 0.3 is 5.97 Å². The van der Waals surface area contributed by atoms with Crippen molar-refractivity contribution in [3.63, 3.8) is 0 Å². The number of phenols is 1. The summed E-state index contributed by atoms with van der Waals surface area (Å²) in [5.74, 6) is 0.697. The molecule has 3 aliphatic heterocycles. The van der Waals surface area contributed by atoms with Gasteiger partial charge in [-0.1, -0.05) is 36.4 Å². The zero-order valence-electron chi connectivity index (χ0n) is 21.3. The van der Waals surface area contributed by atoms with Crippen LogP contribution < -0.4 is 4.74 Å². The van der Waals surface area contributed by atoms with Gasteiger partial charge in [-0.25, -0.2) is 4.79 Å². The Morgan fingerprint density at radius 1 is 1.16 bits per heavy atom. The second-order valence-electron chi connectivity index (χ2n) is 9.96. The van der Waals surface area contributed by atoms with Crippen molar-refractivity contribution in [2.45, 2.75) is 25.0 Å². The van der Waals surface area contributed by atoms with Gasteiger partial charge in [0.25, 0.3) is 0 Å². The number of piperidine rings is 3. The first-order valence-corrected chi connectivity index (χ1v) is 12.8. The van der Waals surface area contributed by atoms with E-state index < -0.39 is 12.1 Å². The maximum atomic E-state index is 11.2. The van der Waals surface area contributed by atoms with Crippen LogP contribution in [0.25, 0.3) is 21.7 Å². The molecule has 5 atom stereocenters. The van der Waals surface area contributed by atoms with E-state index >= 15 is 0 Å². The average Bonchev–Trinajstić information content (AvgIpc) is 2.96. The van der Waals surface area contributed by atoms with E-state index in [-0.39, 0.29) is 17.4 Å². The van der Waals surface area contributed by atoms with Gasteiger partial charge < -0.3 is 20.1 Å². The summed E-state index contributed by atoms with van der Waals surface area (Å²) in [6.45, 7) is 6.07. The van der Waals surface area contributed by atoms with E-state index in [4.69, 9.17) is 9.84 Å². The Morgan fingerprint density at radius 2 is 1.97 bits per heavy atom. The number of rotatable bonds is 5. The van der Waals surface area contributed by atoms with Crippen LogP contribution in [0.2, 0.25) is 0 Å². The quantitative estimate of drug-likeness (QED) is 0.307. The van der Waals surface area contributed by atoms with Crippen LogP contribution in [0.3, 0.4) is 0 Å². The van der Waals surface area contributed by atoms with Crippen LogP contribution in [-0.4, -0.2) is 57.4 Å². The monoisotopic (exact) mass is 512 g/mol. The van der Waals surface area contributed by atoms with Crippen LogP contribution in [0.4, 0.5) is 0 Å². The Labute approximate surface area is 221 Å². The van der Waals surface area contributed by atoms with Crippen molar-refractivity contribution >= 4 is 27.6 Å². The molecule has 3 aromatic carbocycles. The van der Waals surface area contributed by atoms with Crippen LogP contribution in [0.15, 0.2) is 79.5 Å². The zero-order chi connectivity index (χ0) is 26.8. The number of carboxylic acid groups (broad SMARTS) is 1. The third-order valence-corrected chi connectivity index (χ3v) is 7.94. The fourth-order valence-corrected chi connectivity index (χ4v) is 5.93. The number of pyridine rings is 1. The largest absolute Gasteiger partial charge is 0.507 e. The molecule has 3 saturated heterocycles. The zero-order valence-corrected chi connectivity index (χ0v) is 21.3. The van der Waals surface area contributed by atoms with Crippen molar-refractivity contribution in [1.82, 2.24) is 9.88 Å². The lowest BCUT2D eigenvalue weighted by atomic mass is 9.73. The van der Waals surface area contributed by atoms with Gasteiger partial charge in [-0.05, 0) is 77.9 Å². The highest BCUT2D eigenvalue weighted by Gasteiger charge is 2.42. The molecule has 3 aliphatic rings. The molecule has 7 heteroatoms. The molecule has 3 N–H and O–H groups in total. The van der Waals surface area contributed by atoms with E-state index in [1.807, 2.05) is 30.3 Å². The fourth-order valence-electron chi connectivity index (χ4n) is 5.93. The highest BCUT2D eigenvalue weighted by Crippen LogP contribution is 2.42. The summed E-state index contributed by atoms with van der Waals surface area (Å²) in [4.78, 5) is 17.7. The molecule has 0 spiro atoms. The number of hydrogen-bond acceptors (Lipinski definition) is 6. The Bertz CT molecular complexity index is 1490. The number of benzene rings is 3. The number of methoxy groups -OCH3 is 1. The molecule has 1 aromatic heterocycles. The Kier molecular flexibility index (Phi) is 7.31. The molecule has 7 rings (SSSR count). The second-order valence-corrected chi connectivity index (χ2v) is 9.96. The standard InChI is InChI=1S/C20H24N2O2.C11H8O3/c1-3-13-12-22-9-7-14(13)10-19(22)20(23)16-6-8-21-18-5-4-15(24-2)11-17(16)18;12-9-6-5-7-3-1-2-4-8(7)10(9)11(13)14/h3-6,8,11,13-14,19-20,23H,1,7,9-10,12H2,2H3;1-6,12H,(H,13,14)/t13-,14?,19+,20+;/m1./s1. The highest BCUT2D eigenvalue weighted by molar-refractivity contribution is 6.06.